The summed E-state index contributed by atoms with van der Waals surface area (Å²) in [6.07, 6.45) is 17.8. The first-order chi connectivity index (χ1) is 31.8. The monoisotopic (exact) mass is 877 g/mol. The average molecular weight is 877 g/mol. The molecule has 4 aliphatic heterocycles. The number of carbonyl (C=O) groups excluding carboxylic acids is 2. The molecule has 0 aromatic heterocycles. The maximum absolute atomic E-state index is 13.1. The largest absolute Gasteiger partial charge is 0.457 e. The Hall–Kier alpha value is -4.86. The number of nitrogens with zero attached hydrogens (tertiary/aromatic N) is 4. The second-order valence-corrected chi connectivity index (χ2v) is 20.5. The number of carbonyl (C=O) groups is 2. The summed E-state index contributed by atoms with van der Waals surface area (Å²) in [6, 6.07) is 36.4. The van der Waals surface area contributed by atoms with E-state index in [1.807, 2.05) is 34.1 Å². The minimum absolute atomic E-state index is 0.0844. The van der Waals surface area contributed by atoms with Crippen LogP contribution in [0.3, 0.4) is 0 Å². The van der Waals surface area contributed by atoms with Gasteiger partial charge in [0.05, 0.1) is 12.1 Å². The van der Waals surface area contributed by atoms with Crippen LogP contribution in [0.2, 0.25) is 0 Å². The third-order valence-electron chi connectivity index (χ3n) is 17.2. The molecule has 6 atom stereocenters. The lowest BCUT2D eigenvalue weighted by Gasteiger charge is -2.41. The highest BCUT2D eigenvalue weighted by molar-refractivity contribution is 5.73. The molecule has 2 saturated carbocycles. The van der Waals surface area contributed by atoms with Crippen LogP contribution in [0.15, 0.2) is 97.1 Å². The van der Waals surface area contributed by atoms with Gasteiger partial charge in [-0.2, -0.15) is 0 Å². The predicted molar refractivity (Wildman–Crippen MR) is 258 cm³/mol. The summed E-state index contributed by atoms with van der Waals surface area (Å²) < 4.78 is 6.36. The van der Waals surface area contributed by atoms with Crippen LogP contribution in [0.25, 0.3) is 0 Å². The summed E-state index contributed by atoms with van der Waals surface area (Å²) in [4.78, 5) is 35.8. The van der Waals surface area contributed by atoms with Crippen molar-refractivity contribution in [2.75, 3.05) is 13.1 Å². The van der Waals surface area contributed by atoms with E-state index in [0.29, 0.717) is 36.0 Å². The van der Waals surface area contributed by atoms with E-state index in [2.05, 4.69) is 96.4 Å². The second-order valence-electron chi connectivity index (χ2n) is 20.5. The van der Waals surface area contributed by atoms with Gasteiger partial charge in [-0.1, -0.05) is 86.6 Å². The fourth-order valence-corrected chi connectivity index (χ4v) is 14.0. The zero-order valence-electron chi connectivity index (χ0n) is 38.9. The van der Waals surface area contributed by atoms with Crippen LogP contribution in [0, 0.1) is 11.8 Å². The first kappa shape index (κ1) is 44.0. The smallest absolute Gasteiger partial charge is 0.315 e. The number of urea groups is 2. The summed E-state index contributed by atoms with van der Waals surface area (Å²) >= 11 is 0. The average Bonchev–Trinajstić information content (AvgIpc) is 4.10. The van der Waals surface area contributed by atoms with Gasteiger partial charge < -0.3 is 26.0 Å². The molecule has 4 bridgehead atoms. The number of benzene rings is 4. The van der Waals surface area contributed by atoms with Gasteiger partial charge in [-0.3, -0.25) is 9.80 Å². The molecular weight excluding hydrogens is 805 g/mol. The predicted octanol–water partition coefficient (Wildman–Crippen LogP) is 12.8. The van der Waals surface area contributed by atoms with Crippen LogP contribution in [0.1, 0.15) is 186 Å². The Morgan fingerprint density at radius 1 is 0.508 bits per heavy atom. The molecule has 4 aromatic carbocycles. The number of rotatable bonds is 16. The second kappa shape index (κ2) is 19.2. The molecule has 2 saturated heterocycles. The Balaban J connectivity index is 0.705. The molecule has 10 rings (SSSR count). The summed E-state index contributed by atoms with van der Waals surface area (Å²) in [5.41, 5.74) is 20.7. The Kier molecular flexibility index (Phi) is 13.0. The number of fused-ring (bicyclic) bond motifs is 10. The van der Waals surface area contributed by atoms with E-state index < -0.39 is 0 Å². The van der Waals surface area contributed by atoms with Crippen molar-refractivity contribution in [2.24, 2.45) is 23.3 Å². The topological polar surface area (TPSA) is 108 Å². The molecule has 2 unspecified atom stereocenters. The van der Waals surface area contributed by atoms with Crippen molar-refractivity contribution in [2.45, 2.75) is 165 Å². The van der Waals surface area contributed by atoms with Crippen molar-refractivity contribution in [3.63, 3.8) is 0 Å². The molecule has 65 heavy (non-hydrogen) atoms. The van der Waals surface area contributed by atoms with Crippen molar-refractivity contribution in [1.82, 2.24) is 19.6 Å². The highest BCUT2D eigenvalue weighted by atomic mass is 16.5. The maximum atomic E-state index is 13.1. The van der Waals surface area contributed by atoms with E-state index in [1.54, 1.807) is 22.3 Å². The number of nitrogens with two attached hydrogens (primary N) is 2. The Labute approximate surface area is 387 Å². The molecule has 4 N–H and O–H groups in total. The fourth-order valence-electron chi connectivity index (χ4n) is 14.0. The van der Waals surface area contributed by atoms with Crippen molar-refractivity contribution in [1.29, 1.82) is 0 Å². The third-order valence-corrected chi connectivity index (χ3v) is 17.2. The first-order valence-electron chi connectivity index (χ1n) is 25.5. The van der Waals surface area contributed by atoms with Gasteiger partial charge in [0.15, 0.2) is 0 Å². The summed E-state index contributed by atoms with van der Waals surface area (Å²) in [5.74, 6) is 2.86. The molecule has 4 heterocycles. The SMILES string of the molecule is CCC(c1ccc(Oc2ccc(C(CC)N(C(N)=O)C3CCC(CCN4[C@@H]5CC[C@H]4c4ccccc45)CC3)cc2)cc1)N(C(N)=O)C1CCC(CCN2[C@@H]3CC[C@H]2c2ccccc23)CC1. The fraction of sp³-hybridized carbons (Fsp3) is 0.536. The zero-order chi connectivity index (χ0) is 44.6. The van der Waals surface area contributed by atoms with Crippen molar-refractivity contribution < 1.29 is 14.3 Å². The lowest BCUT2D eigenvalue weighted by Crippen LogP contribution is -2.47. The minimum atomic E-state index is -0.327. The van der Waals surface area contributed by atoms with Crippen LogP contribution < -0.4 is 16.2 Å². The number of hydrogen-bond donors (Lipinski definition) is 2. The van der Waals surface area contributed by atoms with Gasteiger partial charge in [-0.15, -0.1) is 0 Å². The number of primary amides is 2. The first-order valence-corrected chi connectivity index (χ1v) is 25.5. The number of ether oxygens (including phenoxy) is 1. The van der Waals surface area contributed by atoms with E-state index in [-0.39, 0.29) is 36.2 Å². The quantitative estimate of drug-likeness (QED) is 0.117. The van der Waals surface area contributed by atoms with Gasteiger partial charge in [0, 0.05) is 36.3 Å². The standard InChI is InChI=1S/C56H72N6O3/c1-3-49(61(55(57)63)41-21-13-37(14-22-41)33-35-59-51-29-30-52(59)46-10-6-5-9-45(46)51)39-17-25-43(26-18-39)65-44-27-19-40(20-28-44)50(4-2)62(56(58)64)42-23-15-38(16-24-42)34-36-60-53-31-32-54(60)48-12-8-7-11-47(48)53/h5-12,17-20,25-28,37-38,41-42,49-54H,3-4,13-16,21-24,29-36H2,1-2H3,(H2,57,63)(H2,58,64)/t37?,38?,41?,42?,49?,50?,51-,52+,53-,54+. The van der Waals surface area contributed by atoms with Crippen LogP contribution >= 0.6 is 0 Å². The molecule has 4 amide bonds. The minimum Gasteiger partial charge on any atom is -0.457 e. The van der Waals surface area contributed by atoms with E-state index in [4.69, 9.17) is 16.2 Å². The van der Waals surface area contributed by atoms with Crippen molar-refractivity contribution >= 4 is 12.1 Å². The molecule has 2 aliphatic carbocycles. The summed E-state index contributed by atoms with van der Waals surface area (Å²) in [6.45, 7) is 6.62. The Morgan fingerprint density at radius 3 is 1.12 bits per heavy atom. The highest BCUT2D eigenvalue weighted by Gasteiger charge is 2.45. The molecule has 9 nitrogen and oxygen atoms in total. The molecule has 0 spiro atoms. The molecular formula is C56H72N6O3. The van der Waals surface area contributed by atoms with Gasteiger partial charge in [0.25, 0.3) is 0 Å². The van der Waals surface area contributed by atoms with Crippen molar-refractivity contribution in [3.05, 3.63) is 130 Å². The van der Waals surface area contributed by atoms with E-state index in [9.17, 15) is 9.59 Å². The highest BCUT2D eigenvalue weighted by Crippen LogP contribution is 2.54. The van der Waals surface area contributed by atoms with Gasteiger partial charge in [-0.25, -0.2) is 9.59 Å². The summed E-state index contributed by atoms with van der Waals surface area (Å²) in [5, 5.41) is 0. The lowest BCUT2D eigenvalue weighted by atomic mass is 9.82. The van der Waals surface area contributed by atoms with E-state index in [0.717, 1.165) is 86.8 Å². The lowest BCUT2D eigenvalue weighted by molar-refractivity contribution is 0.109. The normalized spacial score (nSPS) is 27.8. The van der Waals surface area contributed by atoms with Gasteiger partial charge >= 0.3 is 12.1 Å². The van der Waals surface area contributed by atoms with Crippen molar-refractivity contribution in [3.8, 4) is 11.5 Å². The molecule has 344 valence electrons. The van der Waals surface area contributed by atoms with Gasteiger partial charge in [-0.05, 0) is 185 Å². The van der Waals surface area contributed by atoms with E-state index in [1.165, 1.54) is 51.6 Å². The number of hydrogen-bond acceptors (Lipinski definition) is 5. The Morgan fingerprint density at radius 2 is 0.831 bits per heavy atom. The summed E-state index contributed by atoms with van der Waals surface area (Å²) in [7, 11) is 0. The molecule has 6 aliphatic rings. The van der Waals surface area contributed by atoms with Crippen LogP contribution in [0.5, 0.6) is 11.5 Å². The van der Waals surface area contributed by atoms with Crippen LogP contribution in [-0.4, -0.2) is 56.8 Å². The van der Waals surface area contributed by atoms with Crippen LogP contribution in [0.4, 0.5) is 9.59 Å². The molecule has 4 fully saturated rings. The Bertz CT molecular complexity index is 2050. The molecule has 9 heteroatoms. The zero-order valence-corrected chi connectivity index (χ0v) is 38.9. The van der Waals surface area contributed by atoms with Gasteiger partial charge in [0.2, 0.25) is 0 Å². The van der Waals surface area contributed by atoms with E-state index >= 15 is 0 Å². The van der Waals surface area contributed by atoms with Crippen LogP contribution in [-0.2, 0) is 0 Å². The third kappa shape index (κ3) is 8.68. The van der Waals surface area contributed by atoms with Gasteiger partial charge in [0.1, 0.15) is 11.5 Å². The molecule has 4 aromatic rings. The number of amides is 4. The molecule has 0 radical (unpaired) electrons. The maximum Gasteiger partial charge on any atom is 0.315 e.